The smallest absolute Gasteiger partial charge is 0.0678 e. The molecule has 1 saturated heterocycles. The van der Waals surface area contributed by atoms with E-state index in [2.05, 4.69) is 18.7 Å². The van der Waals surface area contributed by atoms with Crippen molar-refractivity contribution >= 4 is 0 Å². The summed E-state index contributed by atoms with van der Waals surface area (Å²) in [5.74, 6) is 0. The first-order chi connectivity index (χ1) is 8.02. The zero-order valence-electron chi connectivity index (χ0n) is 11.1. The van der Waals surface area contributed by atoms with E-state index in [1.165, 1.54) is 6.42 Å². The predicted octanol–water partition coefficient (Wildman–Crippen LogP) is 0.728. The third-order valence-electron chi connectivity index (χ3n) is 4.13. The van der Waals surface area contributed by atoms with Gasteiger partial charge in [-0.05, 0) is 39.5 Å². The number of rotatable bonds is 2. The zero-order valence-corrected chi connectivity index (χ0v) is 11.1. The van der Waals surface area contributed by atoms with Gasteiger partial charge in [0.2, 0.25) is 0 Å². The topological polar surface area (TPSA) is 58.7 Å². The van der Waals surface area contributed by atoms with Gasteiger partial charge in [-0.2, -0.15) is 0 Å². The first kappa shape index (κ1) is 13.3. The molecule has 100 valence electrons. The molecule has 4 unspecified atom stereocenters. The van der Waals surface area contributed by atoms with Crippen LogP contribution >= 0.6 is 0 Å². The van der Waals surface area contributed by atoms with Crippen LogP contribution in [0, 0.1) is 0 Å². The number of nitrogens with zero attached hydrogens (tertiary/aromatic N) is 1. The van der Waals surface area contributed by atoms with E-state index < -0.39 is 0 Å². The number of aliphatic hydroxyl groups is 1. The van der Waals surface area contributed by atoms with Gasteiger partial charge in [0.1, 0.15) is 0 Å². The summed E-state index contributed by atoms with van der Waals surface area (Å²) >= 11 is 0. The molecule has 1 heterocycles. The molecule has 1 saturated carbocycles. The molecular formula is C13H26N2O2. The van der Waals surface area contributed by atoms with Gasteiger partial charge in [-0.1, -0.05) is 0 Å². The van der Waals surface area contributed by atoms with Gasteiger partial charge in [0.05, 0.1) is 18.8 Å². The normalized spacial score (nSPS) is 44.8. The van der Waals surface area contributed by atoms with E-state index >= 15 is 0 Å². The summed E-state index contributed by atoms with van der Waals surface area (Å²) < 4.78 is 5.76. The van der Waals surface area contributed by atoms with Crippen molar-refractivity contribution in [3.8, 4) is 0 Å². The predicted molar refractivity (Wildman–Crippen MR) is 67.8 cm³/mol. The molecule has 1 aliphatic heterocycles. The molecule has 0 aromatic carbocycles. The van der Waals surface area contributed by atoms with Crippen molar-refractivity contribution in [1.29, 1.82) is 0 Å². The molecule has 0 aromatic rings. The third kappa shape index (κ3) is 3.19. The summed E-state index contributed by atoms with van der Waals surface area (Å²) in [6.07, 6.45) is 4.82. The van der Waals surface area contributed by atoms with Crippen molar-refractivity contribution < 1.29 is 9.84 Å². The number of hydrogen-bond donors (Lipinski definition) is 2. The SMILES string of the molecule is CC1CN(C2CCCC(N)(CO)C2)CC(C)O1. The van der Waals surface area contributed by atoms with Gasteiger partial charge >= 0.3 is 0 Å². The lowest BCUT2D eigenvalue weighted by Crippen LogP contribution is -2.57. The van der Waals surface area contributed by atoms with E-state index in [0.717, 1.165) is 32.4 Å². The molecule has 0 radical (unpaired) electrons. The molecule has 4 nitrogen and oxygen atoms in total. The summed E-state index contributed by atoms with van der Waals surface area (Å²) in [4.78, 5) is 2.51. The largest absolute Gasteiger partial charge is 0.394 e. The summed E-state index contributed by atoms with van der Waals surface area (Å²) in [5, 5.41) is 9.40. The van der Waals surface area contributed by atoms with Gasteiger partial charge in [0, 0.05) is 24.7 Å². The van der Waals surface area contributed by atoms with Gasteiger partial charge in [0.25, 0.3) is 0 Å². The lowest BCUT2D eigenvalue weighted by Gasteiger charge is -2.45. The summed E-state index contributed by atoms with van der Waals surface area (Å²) in [6, 6.07) is 0.523. The monoisotopic (exact) mass is 242 g/mol. The second kappa shape index (κ2) is 5.22. The standard InChI is InChI=1S/C13H26N2O2/c1-10-7-15(8-11(2)17-10)12-4-3-5-13(14,6-12)9-16/h10-12,16H,3-9,14H2,1-2H3. The number of morpholine rings is 1. The fourth-order valence-electron chi connectivity index (χ4n) is 3.33. The van der Waals surface area contributed by atoms with E-state index in [1.54, 1.807) is 0 Å². The fraction of sp³-hybridized carbons (Fsp3) is 1.00. The lowest BCUT2D eigenvalue weighted by atomic mass is 9.79. The highest BCUT2D eigenvalue weighted by molar-refractivity contribution is 4.95. The highest BCUT2D eigenvalue weighted by atomic mass is 16.5. The van der Waals surface area contributed by atoms with Crippen LogP contribution in [0.25, 0.3) is 0 Å². The Morgan fingerprint density at radius 2 is 2.00 bits per heavy atom. The molecule has 3 N–H and O–H groups in total. The van der Waals surface area contributed by atoms with Crippen LogP contribution in [-0.2, 0) is 4.74 Å². The van der Waals surface area contributed by atoms with Crippen LogP contribution in [0.2, 0.25) is 0 Å². The maximum absolute atomic E-state index is 9.40. The molecule has 17 heavy (non-hydrogen) atoms. The first-order valence-electron chi connectivity index (χ1n) is 6.82. The highest BCUT2D eigenvalue weighted by Gasteiger charge is 2.37. The minimum absolute atomic E-state index is 0.110. The Morgan fingerprint density at radius 1 is 1.35 bits per heavy atom. The van der Waals surface area contributed by atoms with Crippen molar-refractivity contribution in [2.24, 2.45) is 5.73 Å². The molecule has 4 heteroatoms. The molecule has 2 aliphatic rings. The maximum atomic E-state index is 9.40. The molecule has 4 atom stereocenters. The molecule has 1 aliphatic carbocycles. The minimum atomic E-state index is -0.353. The van der Waals surface area contributed by atoms with E-state index in [0.29, 0.717) is 18.2 Å². The molecule has 0 spiro atoms. The van der Waals surface area contributed by atoms with E-state index in [9.17, 15) is 5.11 Å². The summed E-state index contributed by atoms with van der Waals surface area (Å²) in [7, 11) is 0. The third-order valence-corrected chi connectivity index (χ3v) is 4.13. The second-order valence-corrected chi connectivity index (χ2v) is 5.98. The Kier molecular flexibility index (Phi) is 4.08. The van der Waals surface area contributed by atoms with Crippen molar-refractivity contribution in [2.75, 3.05) is 19.7 Å². The molecule has 0 bridgehead atoms. The average Bonchev–Trinajstić information content (AvgIpc) is 2.28. The Morgan fingerprint density at radius 3 is 2.59 bits per heavy atom. The van der Waals surface area contributed by atoms with Crippen LogP contribution in [-0.4, -0.2) is 53.5 Å². The Balaban J connectivity index is 1.97. The van der Waals surface area contributed by atoms with Crippen molar-refractivity contribution in [3.05, 3.63) is 0 Å². The molecule has 2 fully saturated rings. The van der Waals surface area contributed by atoms with E-state index in [-0.39, 0.29) is 12.1 Å². The second-order valence-electron chi connectivity index (χ2n) is 5.98. The Labute approximate surface area is 104 Å². The molecular weight excluding hydrogens is 216 g/mol. The average molecular weight is 242 g/mol. The Hall–Kier alpha value is -0.160. The minimum Gasteiger partial charge on any atom is -0.394 e. The van der Waals surface area contributed by atoms with Gasteiger partial charge in [0.15, 0.2) is 0 Å². The molecule has 0 aromatic heterocycles. The van der Waals surface area contributed by atoms with E-state index in [1.807, 2.05) is 0 Å². The summed E-state index contributed by atoms with van der Waals surface area (Å²) in [5.41, 5.74) is 5.86. The van der Waals surface area contributed by atoms with Crippen molar-refractivity contribution in [1.82, 2.24) is 4.90 Å². The fourth-order valence-corrected chi connectivity index (χ4v) is 3.33. The van der Waals surface area contributed by atoms with Gasteiger partial charge in [-0.15, -0.1) is 0 Å². The molecule has 0 amide bonds. The lowest BCUT2D eigenvalue weighted by molar-refractivity contribution is -0.0883. The number of aliphatic hydroxyl groups excluding tert-OH is 1. The van der Waals surface area contributed by atoms with Crippen LogP contribution in [0.15, 0.2) is 0 Å². The van der Waals surface area contributed by atoms with Crippen LogP contribution < -0.4 is 5.73 Å². The van der Waals surface area contributed by atoms with Crippen LogP contribution in [0.3, 0.4) is 0 Å². The van der Waals surface area contributed by atoms with Crippen LogP contribution in [0.4, 0.5) is 0 Å². The van der Waals surface area contributed by atoms with Gasteiger partial charge < -0.3 is 15.6 Å². The molecule has 2 rings (SSSR count). The van der Waals surface area contributed by atoms with Crippen molar-refractivity contribution in [3.63, 3.8) is 0 Å². The first-order valence-corrected chi connectivity index (χ1v) is 6.82. The van der Waals surface area contributed by atoms with Crippen LogP contribution in [0.1, 0.15) is 39.5 Å². The quantitative estimate of drug-likeness (QED) is 0.749. The van der Waals surface area contributed by atoms with Crippen molar-refractivity contribution in [2.45, 2.75) is 63.3 Å². The van der Waals surface area contributed by atoms with Gasteiger partial charge in [-0.25, -0.2) is 0 Å². The number of nitrogens with two attached hydrogens (primary N) is 1. The number of hydrogen-bond acceptors (Lipinski definition) is 4. The van der Waals surface area contributed by atoms with E-state index in [4.69, 9.17) is 10.5 Å². The Bertz CT molecular complexity index is 252. The number of ether oxygens (including phenoxy) is 1. The van der Waals surface area contributed by atoms with Crippen LogP contribution in [0.5, 0.6) is 0 Å². The highest BCUT2D eigenvalue weighted by Crippen LogP contribution is 2.30. The summed E-state index contributed by atoms with van der Waals surface area (Å²) in [6.45, 7) is 6.37. The van der Waals surface area contributed by atoms with Gasteiger partial charge in [-0.3, -0.25) is 4.90 Å². The zero-order chi connectivity index (χ0) is 12.5. The maximum Gasteiger partial charge on any atom is 0.0678 e.